The minimum Gasteiger partial charge on any atom is -0.495 e. The summed E-state index contributed by atoms with van der Waals surface area (Å²) in [5.74, 6) is 2.61. The van der Waals surface area contributed by atoms with E-state index in [0.717, 1.165) is 33.9 Å². The van der Waals surface area contributed by atoms with Gasteiger partial charge in [-0.3, -0.25) is 4.79 Å². The van der Waals surface area contributed by atoms with E-state index in [4.69, 9.17) is 14.5 Å². The zero-order valence-electron chi connectivity index (χ0n) is 19.8. The molecule has 0 aliphatic carbocycles. The second-order valence-corrected chi connectivity index (χ2v) is 8.81. The largest absolute Gasteiger partial charge is 0.495 e. The molecular weight excluding hydrogens is 426 g/mol. The van der Waals surface area contributed by atoms with Crippen LogP contribution < -0.4 is 14.4 Å². The lowest BCUT2D eigenvalue weighted by atomic mass is 10.1. The number of aromatic nitrogens is 2. The molecule has 5 rings (SSSR count). The molecule has 0 spiro atoms. The number of para-hydroxylation sites is 4. The number of methoxy groups -OCH3 is 1. The molecule has 0 unspecified atom stereocenters. The highest BCUT2D eigenvalue weighted by Crippen LogP contribution is 2.37. The van der Waals surface area contributed by atoms with Crippen LogP contribution >= 0.6 is 0 Å². The Morgan fingerprint density at radius 3 is 2.65 bits per heavy atom. The van der Waals surface area contributed by atoms with E-state index >= 15 is 0 Å². The average Bonchev–Trinajstić information content (AvgIpc) is 3.41. The van der Waals surface area contributed by atoms with E-state index < -0.39 is 0 Å². The van der Waals surface area contributed by atoms with Gasteiger partial charge in [-0.05, 0) is 55.3 Å². The number of anilines is 1. The highest BCUT2D eigenvalue weighted by atomic mass is 16.5. The third kappa shape index (κ3) is 4.12. The highest BCUT2D eigenvalue weighted by molar-refractivity contribution is 5.97. The van der Waals surface area contributed by atoms with E-state index in [-0.39, 0.29) is 11.8 Å². The van der Waals surface area contributed by atoms with Gasteiger partial charge in [0.05, 0.1) is 30.4 Å². The van der Waals surface area contributed by atoms with Gasteiger partial charge < -0.3 is 18.9 Å². The van der Waals surface area contributed by atoms with Gasteiger partial charge in [0.25, 0.3) is 0 Å². The lowest BCUT2D eigenvalue weighted by Crippen LogP contribution is -2.25. The van der Waals surface area contributed by atoms with E-state index in [1.54, 1.807) is 7.11 Å². The fourth-order valence-electron chi connectivity index (χ4n) is 4.72. The van der Waals surface area contributed by atoms with Gasteiger partial charge in [0.15, 0.2) is 0 Å². The Bertz CT molecular complexity index is 1340. The zero-order valence-corrected chi connectivity index (χ0v) is 19.8. The zero-order chi connectivity index (χ0) is 23.7. The number of amides is 1. The number of hydrogen-bond acceptors (Lipinski definition) is 4. The van der Waals surface area contributed by atoms with Crippen molar-refractivity contribution in [2.45, 2.75) is 32.7 Å². The first-order valence-corrected chi connectivity index (χ1v) is 11.6. The molecule has 0 radical (unpaired) electrons. The molecule has 1 aliphatic rings. The van der Waals surface area contributed by atoms with Crippen LogP contribution in [0.3, 0.4) is 0 Å². The van der Waals surface area contributed by atoms with Gasteiger partial charge >= 0.3 is 0 Å². The van der Waals surface area contributed by atoms with E-state index in [0.29, 0.717) is 31.9 Å². The van der Waals surface area contributed by atoms with Crippen molar-refractivity contribution in [2.75, 3.05) is 25.2 Å². The Hall–Kier alpha value is -3.80. The third-order valence-corrected chi connectivity index (χ3v) is 6.47. The van der Waals surface area contributed by atoms with Crippen LogP contribution in [0.2, 0.25) is 0 Å². The van der Waals surface area contributed by atoms with Crippen molar-refractivity contribution in [1.82, 2.24) is 9.55 Å². The third-order valence-electron chi connectivity index (χ3n) is 6.47. The molecule has 2 heterocycles. The first kappa shape index (κ1) is 22.0. The molecule has 1 fully saturated rings. The summed E-state index contributed by atoms with van der Waals surface area (Å²) in [6.45, 7) is 5.87. The maximum atomic E-state index is 13.0. The Kier molecular flexibility index (Phi) is 5.97. The SMILES string of the molecule is COc1ccccc1N1C[C@@H](c2nc3ccccc3n2CCOc2cc(C)ccc2C)CC1=O. The molecule has 6 nitrogen and oxygen atoms in total. The van der Waals surface area contributed by atoms with Crippen molar-refractivity contribution >= 4 is 22.6 Å². The average molecular weight is 456 g/mol. The van der Waals surface area contributed by atoms with Gasteiger partial charge in [-0.2, -0.15) is 0 Å². The van der Waals surface area contributed by atoms with Crippen molar-refractivity contribution in [3.05, 3.63) is 83.7 Å². The van der Waals surface area contributed by atoms with Crippen LogP contribution in [0.5, 0.6) is 11.5 Å². The molecule has 1 saturated heterocycles. The number of aryl methyl sites for hydroxylation is 2. The van der Waals surface area contributed by atoms with Crippen molar-refractivity contribution in [2.24, 2.45) is 0 Å². The van der Waals surface area contributed by atoms with Gasteiger partial charge in [-0.1, -0.05) is 36.4 Å². The minimum absolute atomic E-state index is 0.00878. The Labute approximate surface area is 199 Å². The quantitative estimate of drug-likeness (QED) is 0.381. The van der Waals surface area contributed by atoms with Crippen LogP contribution in [0.15, 0.2) is 66.7 Å². The van der Waals surface area contributed by atoms with Crippen molar-refractivity contribution in [3.8, 4) is 11.5 Å². The molecule has 0 N–H and O–H groups in total. The van der Waals surface area contributed by atoms with Crippen LogP contribution in [0, 0.1) is 13.8 Å². The van der Waals surface area contributed by atoms with Gasteiger partial charge in [-0.15, -0.1) is 0 Å². The molecular formula is C28H29N3O3. The van der Waals surface area contributed by atoms with Crippen LogP contribution in [0.1, 0.15) is 29.3 Å². The fourth-order valence-corrected chi connectivity index (χ4v) is 4.72. The summed E-state index contributed by atoms with van der Waals surface area (Å²) in [6.07, 6.45) is 0.416. The van der Waals surface area contributed by atoms with E-state index in [2.05, 4.69) is 42.7 Å². The number of rotatable bonds is 7. The predicted octanol–water partition coefficient (Wildman–Crippen LogP) is 5.26. The molecule has 3 aromatic carbocycles. The number of fused-ring (bicyclic) bond motifs is 1. The van der Waals surface area contributed by atoms with Gasteiger partial charge in [0.1, 0.15) is 23.9 Å². The van der Waals surface area contributed by atoms with Gasteiger partial charge in [0, 0.05) is 18.9 Å². The Balaban J connectivity index is 1.42. The summed E-state index contributed by atoms with van der Waals surface area (Å²) in [5.41, 5.74) is 5.10. The number of ether oxygens (including phenoxy) is 2. The van der Waals surface area contributed by atoms with Crippen LogP contribution in [-0.2, 0) is 11.3 Å². The maximum Gasteiger partial charge on any atom is 0.227 e. The molecule has 1 atom stereocenters. The topological polar surface area (TPSA) is 56.6 Å². The number of carbonyl (C=O) groups excluding carboxylic acids is 1. The number of carbonyl (C=O) groups is 1. The number of benzene rings is 3. The molecule has 1 aromatic heterocycles. The summed E-state index contributed by atoms with van der Waals surface area (Å²) < 4.78 is 13.9. The van der Waals surface area contributed by atoms with Gasteiger partial charge in [-0.25, -0.2) is 4.98 Å². The lowest BCUT2D eigenvalue weighted by molar-refractivity contribution is -0.117. The van der Waals surface area contributed by atoms with E-state index in [9.17, 15) is 4.79 Å². The standard InChI is InChI=1S/C28H29N3O3/c1-19-12-13-20(2)26(16-19)34-15-14-30-23-9-5-4-8-22(23)29-28(30)21-17-27(32)31(18-21)24-10-6-7-11-25(24)33-3/h4-13,16,21H,14-15,17-18H2,1-3H3/t21-/m0/s1. The minimum atomic E-state index is -0.00878. The molecule has 1 amide bonds. The van der Waals surface area contributed by atoms with Crippen LogP contribution in [0.4, 0.5) is 5.69 Å². The summed E-state index contributed by atoms with van der Waals surface area (Å²) in [5, 5.41) is 0. The van der Waals surface area contributed by atoms with Crippen molar-refractivity contribution < 1.29 is 14.3 Å². The van der Waals surface area contributed by atoms with E-state index in [1.165, 1.54) is 5.56 Å². The van der Waals surface area contributed by atoms with Crippen molar-refractivity contribution in [1.29, 1.82) is 0 Å². The molecule has 34 heavy (non-hydrogen) atoms. The molecule has 0 saturated carbocycles. The maximum absolute atomic E-state index is 13.0. The number of hydrogen-bond donors (Lipinski definition) is 0. The summed E-state index contributed by atoms with van der Waals surface area (Å²) in [4.78, 5) is 19.8. The number of imidazole rings is 1. The molecule has 0 bridgehead atoms. The monoisotopic (exact) mass is 455 g/mol. The van der Waals surface area contributed by atoms with Crippen molar-refractivity contribution in [3.63, 3.8) is 0 Å². The summed E-state index contributed by atoms with van der Waals surface area (Å²) in [7, 11) is 1.63. The highest BCUT2D eigenvalue weighted by Gasteiger charge is 2.35. The molecule has 1 aliphatic heterocycles. The van der Waals surface area contributed by atoms with Gasteiger partial charge in [0.2, 0.25) is 5.91 Å². The summed E-state index contributed by atoms with van der Waals surface area (Å²) >= 11 is 0. The van der Waals surface area contributed by atoms with E-state index in [1.807, 2.05) is 47.4 Å². The second kappa shape index (κ2) is 9.21. The van der Waals surface area contributed by atoms with Crippen LogP contribution in [0.25, 0.3) is 11.0 Å². The first-order chi connectivity index (χ1) is 16.5. The molecule has 6 heteroatoms. The fraction of sp³-hybridized carbons (Fsp3) is 0.286. The lowest BCUT2D eigenvalue weighted by Gasteiger charge is -2.20. The Morgan fingerprint density at radius 1 is 1.00 bits per heavy atom. The smallest absolute Gasteiger partial charge is 0.227 e. The number of nitrogens with zero attached hydrogens (tertiary/aromatic N) is 3. The van der Waals surface area contributed by atoms with Crippen LogP contribution in [-0.4, -0.2) is 35.7 Å². The summed E-state index contributed by atoms with van der Waals surface area (Å²) in [6, 6.07) is 22.0. The molecule has 174 valence electrons. The normalized spacial score (nSPS) is 15.8. The first-order valence-electron chi connectivity index (χ1n) is 11.6. The predicted molar refractivity (Wildman–Crippen MR) is 134 cm³/mol. The Morgan fingerprint density at radius 2 is 1.79 bits per heavy atom. The molecule has 4 aromatic rings. The second-order valence-electron chi connectivity index (χ2n) is 8.81.